The first-order chi connectivity index (χ1) is 14.0. The van der Waals surface area contributed by atoms with Crippen molar-refractivity contribution in [2.24, 2.45) is 0 Å². The van der Waals surface area contributed by atoms with E-state index in [1.807, 2.05) is 13.0 Å². The van der Waals surface area contributed by atoms with Crippen LogP contribution in [0.2, 0.25) is 0 Å². The van der Waals surface area contributed by atoms with Crippen molar-refractivity contribution in [3.05, 3.63) is 58.2 Å². The molecule has 0 bridgehead atoms. The monoisotopic (exact) mass is 414 g/mol. The fraction of sp³-hybridized carbons (Fsp3) is 0.556. The highest BCUT2D eigenvalue weighted by atomic mass is 16.3. The molecule has 0 aromatic heterocycles. The van der Waals surface area contributed by atoms with Gasteiger partial charge in [0.2, 0.25) is 0 Å². The van der Waals surface area contributed by atoms with Crippen LogP contribution in [0.25, 0.3) is 0 Å². The first-order valence-electron chi connectivity index (χ1n) is 11.2. The average molecular weight is 415 g/mol. The van der Waals surface area contributed by atoms with Gasteiger partial charge in [0.25, 0.3) is 0 Å². The van der Waals surface area contributed by atoms with E-state index in [9.17, 15) is 15.3 Å². The molecule has 30 heavy (non-hydrogen) atoms. The Morgan fingerprint density at radius 3 is 2.00 bits per heavy atom. The molecule has 1 rings (SSSR count). The highest BCUT2D eigenvalue weighted by molar-refractivity contribution is 5.49. The quantitative estimate of drug-likeness (QED) is 0.248. The topological polar surface area (TPSA) is 60.7 Å². The van der Waals surface area contributed by atoms with E-state index < -0.39 is 5.60 Å². The zero-order chi connectivity index (χ0) is 22.7. The van der Waals surface area contributed by atoms with Gasteiger partial charge in [-0.15, -0.1) is 0 Å². The number of hydrogen-bond donors (Lipinski definition) is 3. The van der Waals surface area contributed by atoms with Crippen LogP contribution < -0.4 is 0 Å². The van der Waals surface area contributed by atoms with Crippen molar-refractivity contribution in [3.63, 3.8) is 0 Å². The highest BCUT2D eigenvalue weighted by Crippen LogP contribution is 2.34. The fourth-order valence-electron chi connectivity index (χ4n) is 3.42. The minimum absolute atomic E-state index is 0.0630. The zero-order valence-electron chi connectivity index (χ0n) is 19.9. The van der Waals surface area contributed by atoms with Crippen molar-refractivity contribution in [2.75, 3.05) is 0 Å². The van der Waals surface area contributed by atoms with Gasteiger partial charge in [-0.2, -0.15) is 0 Å². The van der Waals surface area contributed by atoms with Gasteiger partial charge in [0.05, 0.1) is 5.60 Å². The number of allylic oxidation sites excluding steroid dienone is 6. The predicted molar refractivity (Wildman–Crippen MR) is 128 cm³/mol. The summed E-state index contributed by atoms with van der Waals surface area (Å²) in [5, 5.41) is 30.6. The van der Waals surface area contributed by atoms with Crippen LogP contribution in [-0.4, -0.2) is 20.9 Å². The molecule has 3 nitrogen and oxygen atoms in total. The van der Waals surface area contributed by atoms with Crippen molar-refractivity contribution in [1.29, 1.82) is 0 Å². The molecule has 1 aromatic carbocycles. The second-order valence-corrected chi connectivity index (χ2v) is 9.23. The summed E-state index contributed by atoms with van der Waals surface area (Å²) in [5.74, 6) is -0.127. The summed E-state index contributed by atoms with van der Waals surface area (Å²) in [6.07, 6.45) is 13.8. The van der Waals surface area contributed by atoms with Gasteiger partial charge in [-0.1, -0.05) is 47.1 Å². The number of aryl methyl sites for hydroxylation is 2. The third-order valence-electron chi connectivity index (χ3n) is 5.67. The summed E-state index contributed by atoms with van der Waals surface area (Å²) >= 11 is 0. The SMILES string of the molecule is CC(C)=CCC/C(C)=C/CC/C(C)=C/CCC(C)(O)CCc1ccc(C)c(O)c1O. The number of benzene rings is 1. The molecule has 1 aromatic rings. The highest BCUT2D eigenvalue weighted by Gasteiger charge is 2.20. The van der Waals surface area contributed by atoms with E-state index in [0.29, 0.717) is 30.4 Å². The average Bonchev–Trinajstić information content (AvgIpc) is 2.65. The van der Waals surface area contributed by atoms with E-state index in [1.54, 1.807) is 13.0 Å². The number of aromatic hydroxyl groups is 2. The zero-order valence-corrected chi connectivity index (χ0v) is 19.9. The van der Waals surface area contributed by atoms with Crippen molar-refractivity contribution in [1.82, 2.24) is 0 Å². The van der Waals surface area contributed by atoms with Crippen LogP contribution in [0, 0.1) is 6.92 Å². The van der Waals surface area contributed by atoms with Gasteiger partial charge in [-0.25, -0.2) is 0 Å². The molecule has 0 saturated heterocycles. The Labute approximate surface area is 183 Å². The number of phenols is 2. The summed E-state index contributed by atoms with van der Waals surface area (Å²) < 4.78 is 0. The molecule has 0 aliphatic rings. The summed E-state index contributed by atoms with van der Waals surface area (Å²) in [7, 11) is 0. The minimum atomic E-state index is -0.800. The third-order valence-corrected chi connectivity index (χ3v) is 5.67. The van der Waals surface area contributed by atoms with Crippen LogP contribution in [0.4, 0.5) is 0 Å². The lowest BCUT2D eigenvalue weighted by Crippen LogP contribution is -2.24. The lowest BCUT2D eigenvalue weighted by molar-refractivity contribution is 0.0431. The van der Waals surface area contributed by atoms with Gasteiger partial charge >= 0.3 is 0 Å². The second kappa shape index (κ2) is 12.6. The molecule has 0 fully saturated rings. The van der Waals surface area contributed by atoms with Gasteiger partial charge < -0.3 is 15.3 Å². The Morgan fingerprint density at radius 2 is 1.40 bits per heavy atom. The Morgan fingerprint density at radius 1 is 0.833 bits per heavy atom. The van der Waals surface area contributed by atoms with E-state index in [1.165, 1.54) is 16.7 Å². The standard InChI is InChI=1S/C27H42O3/c1-20(2)10-7-11-21(3)12-8-13-22(4)14-9-18-27(6,30)19-17-24-16-15-23(5)25(28)26(24)29/h10,12,14-16,28-30H,7-9,11,13,17-19H2,1-6H3/b21-12+,22-14+. The van der Waals surface area contributed by atoms with Crippen molar-refractivity contribution >= 4 is 0 Å². The van der Waals surface area contributed by atoms with Gasteiger partial charge in [0, 0.05) is 0 Å². The molecule has 1 unspecified atom stereocenters. The summed E-state index contributed by atoms with van der Waals surface area (Å²) in [6, 6.07) is 3.61. The van der Waals surface area contributed by atoms with Crippen LogP contribution in [0.1, 0.15) is 90.7 Å². The van der Waals surface area contributed by atoms with Crippen LogP contribution in [0.5, 0.6) is 11.5 Å². The smallest absolute Gasteiger partial charge is 0.160 e. The van der Waals surface area contributed by atoms with Crippen LogP contribution >= 0.6 is 0 Å². The molecule has 168 valence electrons. The van der Waals surface area contributed by atoms with Gasteiger partial charge in [-0.3, -0.25) is 0 Å². The second-order valence-electron chi connectivity index (χ2n) is 9.23. The Balaban J connectivity index is 2.40. The van der Waals surface area contributed by atoms with Crippen LogP contribution in [-0.2, 0) is 6.42 Å². The fourth-order valence-corrected chi connectivity index (χ4v) is 3.42. The van der Waals surface area contributed by atoms with E-state index in [0.717, 1.165) is 32.1 Å². The summed E-state index contributed by atoms with van der Waals surface area (Å²) in [4.78, 5) is 0. The molecule has 3 N–H and O–H groups in total. The summed E-state index contributed by atoms with van der Waals surface area (Å²) in [6.45, 7) is 12.3. The van der Waals surface area contributed by atoms with E-state index >= 15 is 0 Å². The van der Waals surface area contributed by atoms with Gasteiger partial charge in [0.1, 0.15) is 0 Å². The van der Waals surface area contributed by atoms with Crippen molar-refractivity contribution in [2.45, 2.75) is 98.5 Å². The van der Waals surface area contributed by atoms with Crippen LogP contribution in [0.3, 0.4) is 0 Å². The lowest BCUT2D eigenvalue weighted by atomic mass is 9.91. The molecule has 0 heterocycles. The molecular formula is C27H42O3. The minimum Gasteiger partial charge on any atom is -0.504 e. The Bertz CT molecular complexity index is 763. The van der Waals surface area contributed by atoms with E-state index in [4.69, 9.17) is 0 Å². The molecule has 0 aliphatic carbocycles. The van der Waals surface area contributed by atoms with Gasteiger partial charge in [-0.05, 0) is 104 Å². The van der Waals surface area contributed by atoms with E-state index in [-0.39, 0.29) is 11.5 Å². The number of hydrogen-bond acceptors (Lipinski definition) is 3. The lowest BCUT2D eigenvalue weighted by Gasteiger charge is -2.23. The molecule has 3 heteroatoms. The van der Waals surface area contributed by atoms with Crippen molar-refractivity contribution < 1.29 is 15.3 Å². The number of aliphatic hydroxyl groups is 1. The maximum atomic E-state index is 10.7. The molecule has 0 saturated carbocycles. The molecule has 0 aliphatic heterocycles. The van der Waals surface area contributed by atoms with E-state index in [2.05, 4.69) is 45.9 Å². The Hall–Kier alpha value is -2.00. The Kier molecular flexibility index (Phi) is 11.0. The maximum Gasteiger partial charge on any atom is 0.160 e. The van der Waals surface area contributed by atoms with Gasteiger partial charge in [0.15, 0.2) is 11.5 Å². The van der Waals surface area contributed by atoms with Crippen LogP contribution in [0.15, 0.2) is 47.1 Å². The normalized spacial score (nSPS) is 14.5. The summed E-state index contributed by atoms with van der Waals surface area (Å²) in [5.41, 5.74) is 4.73. The first-order valence-corrected chi connectivity index (χ1v) is 11.2. The number of phenolic OH excluding ortho intramolecular Hbond substituents is 2. The molecule has 0 radical (unpaired) electrons. The van der Waals surface area contributed by atoms with Crippen molar-refractivity contribution in [3.8, 4) is 11.5 Å². The molecule has 0 amide bonds. The predicted octanol–water partition coefficient (Wildman–Crippen LogP) is 7.29. The number of rotatable bonds is 12. The first kappa shape index (κ1) is 26.0. The molecule has 1 atom stereocenters. The molecule has 0 spiro atoms. The maximum absolute atomic E-state index is 10.7. The molecular weight excluding hydrogens is 372 g/mol. The largest absolute Gasteiger partial charge is 0.504 e. The third kappa shape index (κ3) is 10.2.